The van der Waals surface area contributed by atoms with E-state index in [1.54, 1.807) is 13.0 Å². The van der Waals surface area contributed by atoms with Crippen molar-refractivity contribution in [3.63, 3.8) is 0 Å². The van der Waals surface area contributed by atoms with Crippen molar-refractivity contribution in [1.82, 2.24) is 0 Å². The molecule has 2 rings (SSSR count). The molecule has 7 heteroatoms. The summed E-state index contributed by atoms with van der Waals surface area (Å²) < 4.78 is 15.1. The highest BCUT2D eigenvalue weighted by molar-refractivity contribution is 5.94. The van der Waals surface area contributed by atoms with Crippen LogP contribution in [0.15, 0.2) is 39.2 Å². The smallest absolute Gasteiger partial charge is 0.339 e. The number of aliphatic hydroxyl groups excluding tert-OH is 1. The molecule has 2 N–H and O–H groups in total. The van der Waals surface area contributed by atoms with Gasteiger partial charge in [-0.2, -0.15) is 0 Å². The molecule has 1 aromatic carbocycles. The predicted molar refractivity (Wildman–Crippen MR) is 89.6 cm³/mol. The topological polar surface area (TPSA) is 106 Å². The molecule has 0 aliphatic heterocycles. The van der Waals surface area contributed by atoms with Crippen LogP contribution in [0.3, 0.4) is 0 Å². The summed E-state index contributed by atoms with van der Waals surface area (Å²) in [7, 11) is 1.50. The number of esters is 1. The summed E-state index contributed by atoms with van der Waals surface area (Å²) in [6.07, 6.45) is 2.38. The highest BCUT2D eigenvalue weighted by Crippen LogP contribution is 2.29. The normalized spacial score (nSPS) is 11.3. The van der Waals surface area contributed by atoms with E-state index >= 15 is 0 Å². The zero-order chi connectivity index (χ0) is 18.6. The molecule has 1 aromatic heterocycles. The molecule has 0 amide bonds. The largest absolute Gasteiger partial charge is 0.507 e. The summed E-state index contributed by atoms with van der Waals surface area (Å²) in [6, 6.07) is 4.15. The number of hydrogen-bond acceptors (Lipinski definition) is 7. The molecule has 0 saturated heterocycles. The summed E-state index contributed by atoms with van der Waals surface area (Å²) >= 11 is 0. The lowest BCUT2D eigenvalue weighted by molar-refractivity contribution is -0.130. The van der Waals surface area contributed by atoms with Crippen LogP contribution in [-0.2, 0) is 11.4 Å². The van der Waals surface area contributed by atoms with E-state index in [9.17, 15) is 14.7 Å². The lowest BCUT2D eigenvalue weighted by Crippen LogP contribution is -2.15. The van der Waals surface area contributed by atoms with Crippen molar-refractivity contribution in [3.8, 4) is 17.2 Å². The molecule has 2 aromatic rings. The molecular weight excluding hydrogens is 328 g/mol. The van der Waals surface area contributed by atoms with E-state index in [-0.39, 0.29) is 22.8 Å². The fraction of sp³-hybridized carbons (Fsp3) is 0.222. The van der Waals surface area contributed by atoms with Crippen LogP contribution >= 0.6 is 0 Å². The summed E-state index contributed by atoms with van der Waals surface area (Å²) in [5, 5.41) is 18.9. The predicted octanol–water partition coefficient (Wildman–Crippen LogP) is 2.16. The number of rotatable bonds is 5. The maximum Gasteiger partial charge on any atom is 0.339 e. The molecule has 0 unspecified atom stereocenters. The highest BCUT2D eigenvalue weighted by Gasteiger charge is 2.13. The molecule has 1 heterocycles. The van der Waals surface area contributed by atoms with Crippen molar-refractivity contribution in [1.29, 1.82) is 0 Å². The van der Waals surface area contributed by atoms with Gasteiger partial charge in [-0.25, -0.2) is 4.79 Å². The Hall–Kier alpha value is -3.06. The monoisotopic (exact) mass is 346 g/mol. The maximum absolute atomic E-state index is 12.1. The third-order valence-electron chi connectivity index (χ3n) is 3.45. The number of carbonyl (C=O) groups is 1. The van der Waals surface area contributed by atoms with Gasteiger partial charge in [0.25, 0.3) is 0 Å². The number of phenols is 1. The first-order chi connectivity index (χ1) is 11.8. The number of aliphatic hydroxyl groups is 1. The molecule has 0 radical (unpaired) electrons. The highest BCUT2D eigenvalue weighted by atomic mass is 16.5. The molecule has 0 fully saturated rings. The van der Waals surface area contributed by atoms with Crippen molar-refractivity contribution < 1.29 is 28.9 Å². The van der Waals surface area contributed by atoms with Crippen LogP contribution in [0.25, 0.3) is 6.08 Å². The van der Waals surface area contributed by atoms with Crippen molar-refractivity contribution in [2.75, 3.05) is 7.11 Å². The van der Waals surface area contributed by atoms with Crippen molar-refractivity contribution in [3.05, 3.63) is 57.1 Å². The minimum absolute atomic E-state index is 0.0164. The lowest BCUT2D eigenvalue weighted by atomic mass is 10.1. The van der Waals surface area contributed by atoms with E-state index in [1.165, 1.54) is 26.2 Å². The van der Waals surface area contributed by atoms with Gasteiger partial charge in [-0.05, 0) is 37.6 Å². The van der Waals surface area contributed by atoms with E-state index in [0.717, 1.165) is 17.9 Å². The van der Waals surface area contributed by atoms with Gasteiger partial charge in [0, 0.05) is 17.2 Å². The van der Waals surface area contributed by atoms with Gasteiger partial charge in [-0.3, -0.25) is 4.79 Å². The Morgan fingerprint density at radius 3 is 2.60 bits per heavy atom. The van der Waals surface area contributed by atoms with Gasteiger partial charge in [0.15, 0.2) is 0 Å². The molecule has 0 aliphatic rings. The first-order valence-electron chi connectivity index (χ1n) is 7.36. The van der Waals surface area contributed by atoms with E-state index < -0.39 is 18.0 Å². The number of aromatic hydroxyl groups is 1. The van der Waals surface area contributed by atoms with Crippen LogP contribution in [0, 0.1) is 6.92 Å². The second-order valence-electron chi connectivity index (χ2n) is 5.33. The van der Waals surface area contributed by atoms with Gasteiger partial charge in [0.2, 0.25) is 11.2 Å². The van der Waals surface area contributed by atoms with Gasteiger partial charge in [-0.15, -0.1) is 0 Å². The second kappa shape index (κ2) is 7.67. The SMILES string of the molecule is COc1cc(/C=C(\C)C(=O)Oc2coc(CO)cc2=O)c(O)cc1C. The van der Waals surface area contributed by atoms with Crippen LogP contribution in [0.4, 0.5) is 0 Å². The number of methoxy groups -OCH3 is 1. The average Bonchev–Trinajstić information content (AvgIpc) is 2.58. The Balaban J connectivity index is 2.25. The van der Waals surface area contributed by atoms with Gasteiger partial charge in [-0.1, -0.05) is 0 Å². The second-order valence-corrected chi connectivity index (χ2v) is 5.33. The minimum atomic E-state index is -0.775. The van der Waals surface area contributed by atoms with Gasteiger partial charge >= 0.3 is 5.97 Å². The number of phenolic OH excluding ortho intramolecular Hbond substituents is 1. The molecule has 25 heavy (non-hydrogen) atoms. The molecule has 0 atom stereocenters. The molecule has 0 saturated carbocycles. The number of aryl methyl sites for hydroxylation is 1. The Bertz CT molecular complexity index is 877. The first kappa shape index (κ1) is 18.3. The van der Waals surface area contributed by atoms with E-state index in [2.05, 4.69) is 0 Å². The number of ether oxygens (including phenoxy) is 2. The molecular formula is C18H18O7. The quantitative estimate of drug-likeness (QED) is 0.631. The molecule has 132 valence electrons. The summed E-state index contributed by atoms with van der Waals surface area (Å²) in [6.45, 7) is 2.83. The van der Waals surface area contributed by atoms with Gasteiger partial charge < -0.3 is 24.1 Å². The van der Waals surface area contributed by atoms with Crippen LogP contribution < -0.4 is 14.9 Å². The lowest BCUT2D eigenvalue weighted by Gasteiger charge is -2.09. The Morgan fingerprint density at radius 1 is 1.28 bits per heavy atom. The Morgan fingerprint density at radius 2 is 2.00 bits per heavy atom. The first-order valence-corrected chi connectivity index (χ1v) is 7.36. The third kappa shape index (κ3) is 4.27. The van der Waals surface area contributed by atoms with E-state index in [1.807, 2.05) is 0 Å². The number of hydrogen-bond donors (Lipinski definition) is 2. The molecule has 0 aliphatic carbocycles. The number of benzene rings is 1. The minimum Gasteiger partial charge on any atom is -0.507 e. The van der Waals surface area contributed by atoms with Crippen molar-refractivity contribution in [2.45, 2.75) is 20.5 Å². The molecule has 7 nitrogen and oxygen atoms in total. The van der Waals surface area contributed by atoms with Crippen molar-refractivity contribution in [2.24, 2.45) is 0 Å². The van der Waals surface area contributed by atoms with Gasteiger partial charge in [0.1, 0.15) is 30.1 Å². The Kier molecular flexibility index (Phi) is 5.61. The van der Waals surface area contributed by atoms with Crippen LogP contribution in [0.2, 0.25) is 0 Å². The van der Waals surface area contributed by atoms with E-state index in [4.69, 9.17) is 19.0 Å². The summed E-state index contributed by atoms with van der Waals surface area (Å²) in [4.78, 5) is 23.9. The fourth-order valence-corrected chi connectivity index (χ4v) is 2.09. The zero-order valence-electron chi connectivity index (χ0n) is 14.0. The number of carbonyl (C=O) groups excluding carboxylic acids is 1. The van der Waals surface area contributed by atoms with E-state index in [0.29, 0.717) is 11.3 Å². The van der Waals surface area contributed by atoms with Crippen molar-refractivity contribution >= 4 is 12.0 Å². The standard InChI is InChI=1S/C18H18O7/c1-10-5-14(20)12(6-16(10)23-3)4-11(2)18(22)25-17-9-24-13(8-19)7-15(17)21/h4-7,9,19-20H,8H2,1-3H3/b11-4+. The molecule has 0 spiro atoms. The maximum atomic E-state index is 12.1. The van der Waals surface area contributed by atoms with Crippen LogP contribution in [0.1, 0.15) is 23.8 Å². The Labute approximate surface area is 143 Å². The third-order valence-corrected chi connectivity index (χ3v) is 3.45. The average molecular weight is 346 g/mol. The fourth-order valence-electron chi connectivity index (χ4n) is 2.09. The van der Waals surface area contributed by atoms with Crippen LogP contribution in [-0.4, -0.2) is 23.3 Å². The van der Waals surface area contributed by atoms with Crippen LogP contribution in [0.5, 0.6) is 17.2 Å². The zero-order valence-corrected chi connectivity index (χ0v) is 14.0. The van der Waals surface area contributed by atoms with Gasteiger partial charge in [0.05, 0.1) is 7.11 Å². The summed E-state index contributed by atoms with van der Waals surface area (Å²) in [5.41, 5.74) is 0.696. The summed E-state index contributed by atoms with van der Waals surface area (Å²) in [5.74, 6) is -0.458. The molecule has 0 bridgehead atoms.